The highest BCUT2D eigenvalue weighted by atomic mass is 32.1. The van der Waals surface area contributed by atoms with Gasteiger partial charge in [0.15, 0.2) is 0 Å². The van der Waals surface area contributed by atoms with E-state index in [4.69, 9.17) is 0 Å². The predicted octanol–water partition coefficient (Wildman–Crippen LogP) is 2.07. The van der Waals surface area contributed by atoms with E-state index in [1.165, 1.54) is 0 Å². The first kappa shape index (κ1) is 13.7. The van der Waals surface area contributed by atoms with E-state index >= 15 is 0 Å². The molecule has 0 atom stereocenters. The third kappa shape index (κ3) is 2.66. The maximum Gasteiger partial charge on any atom is 0.319 e. The number of hydrogen-bond donors (Lipinski definition) is 3. The second-order valence-electron chi connectivity index (χ2n) is 5.21. The average molecular weight is 306 g/mol. The normalized spacial score (nSPS) is 16.2. The summed E-state index contributed by atoms with van der Waals surface area (Å²) in [6.07, 6.45) is 2.11. The van der Waals surface area contributed by atoms with Gasteiger partial charge in [-0.25, -0.2) is 4.79 Å². The molecule has 1 fully saturated rings. The van der Waals surface area contributed by atoms with Gasteiger partial charge in [-0.15, -0.1) is 0 Å². The van der Waals surface area contributed by atoms with Crippen LogP contribution in [0.2, 0.25) is 0 Å². The van der Waals surface area contributed by atoms with Crippen LogP contribution >= 0.6 is 11.7 Å². The van der Waals surface area contributed by atoms with Crippen LogP contribution in [0.1, 0.15) is 19.3 Å². The van der Waals surface area contributed by atoms with Crippen LogP contribution in [-0.2, 0) is 4.79 Å². The smallest absolute Gasteiger partial charge is 0.319 e. The molecule has 1 aromatic heterocycles. The molecule has 7 nitrogen and oxygen atoms in total. The Morgan fingerprint density at radius 1 is 1.29 bits per heavy atom. The van der Waals surface area contributed by atoms with Gasteiger partial charge in [0.1, 0.15) is 11.0 Å². The molecule has 2 aromatic rings. The molecular formula is C13H14N4O3S. The Hall–Kier alpha value is -2.22. The van der Waals surface area contributed by atoms with E-state index in [9.17, 15) is 14.7 Å². The lowest BCUT2D eigenvalue weighted by Crippen LogP contribution is -2.48. The topological polar surface area (TPSA) is 104 Å². The molecule has 1 saturated carbocycles. The third-order valence-corrected chi connectivity index (χ3v) is 4.42. The number of nitrogens with one attached hydrogen (secondary N) is 2. The van der Waals surface area contributed by atoms with Gasteiger partial charge in [0.05, 0.1) is 17.1 Å². The van der Waals surface area contributed by atoms with E-state index in [-0.39, 0.29) is 6.54 Å². The molecule has 3 N–H and O–H groups in total. The number of carboxylic acid groups (broad SMARTS) is 1. The summed E-state index contributed by atoms with van der Waals surface area (Å²) in [6.45, 7) is 0.147. The Balaban J connectivity index is 1.60. The molecule has 3 rings (SSSR count). The summed E-state index contributed by atoms with van der Waals surface area (Å²) in [5.74, 6) is -0.844. The highest BCUT2D eigenvalue weighted by Gasteiger charge is 2.44. The van der Waals surface area contributed by atoms with Gasteiger partial charge < -0.3 is 15.7 Å². The SMILES string of the molecule is O=C(NCC1(C(=O)O)CCC1)Nc1ccc2nsnc2c1. The first-order valence-electron chi connectivity index (χ1n) is 6.60. The van der Waals surface area contributed by atoms with E-state index in [0.29, 0.717) is 18.5 Å². The minimum Gasteiger partial charge on any atom is -0.481 e. The van der Waals surface area contributed by atoms with Gasteiger partial charge in [-0.1, -0.05) is 6.42 Å². The van der Waals surface area contributed by atoms with Crippen LogP contribution in [0.15, 0.2) is 18.2 Å². The standard InChI is InChI=1S/C13H14N4O3S/c18-11(19)13(4-1-5-13)7-14-12(20)15-8-2-3-9-10(6-8)17-21-16-9/h2-3,6H,1,4-5,7H2,(H,18,19)(H2,14,15,20). The molecule has 0 saturated heterocycles. The number of aromatic nitrogens is 2. The highest BCUT2D eigenvalue weighted by Crippen LogP contribution is 2.40. The van der Waals surface area contributed by atoms with Gasteiger partial charge in [-0.3, -0.25) is 4.79 Å². The summed E-state index contributed by atoms with van der Waals surface area (Å²) in [5.41, 5.74) is 1.31. The van der Waals surface area contributed by atoms with Crippen molar-refractivity contribution in [2.45, 2.75) is 19.3 Å². The number of hydrogen-bond acceptors (Lipinski definition) is 5. The predicted molar refractivity (Wildman–Crippen MR) is 78.4 cm³/mol. The summed E-state index contributed by atoms with van der Waals surface area (Å²) in [6, 6.07) is 4.83. The molecule has 110 valence electrons. The molecule has 21 heavy (non-hydrogen) atoms. The molecular weight excluding hydrogens is 292 g/mol. The van der Waals surface area contributed by atoms with Crippen molar-refractivity contribution in [3.8, 4) is 0 Å². The summed E-state index contributed by atoms with van der Waals surface area (Å²) in [4.78, 5) is 23.1. The quantitative estimate of drug-likeness (QED) is 0.802. The van der Waals surface area contributed by atoms with E-state index in [1.54, 1.807) is 18.2 Å². The minimum absolute atomic E-state index is 0.147. The van der Waals surface area contributed by atoms with Crippen LogP contribution in [0, 0.1) is 5.41 Å². The highest BCUT2D eigenvalue weighted by molar-refractivity contribution is 7.00. The monoisotopic (exact) mass is 306 g/mol. The number of carboxylic acids is 1. The number of aliphatic carboxylic acids is 1. The molecule has 0 radical (unpaired) electrons. The van der Waals surface area contributed by atoms with Crippen molar-refractivity contribution in [2.24, 2.45) is 5.41 Å². The van der Waals surface area contributed by atoms with Crippen LogP contribution in [0.3, 0.4) is 0 Å². The summed E-state index contributed by atoms with van der Waals surface area (Å²) < 4.78 is 8.18. The van der Waals surface area contributed by atoms with E-state index in [2.05, 4.69) is 19.4 Å². The van der Waals surface area contributed by atoms with Crippen molar-refractivity contribution in [3.05, 3.63) is 18.2 Å². The largest absolute Gasteiger partial charge is 0.481 e. The van der Waals surface area contributed by atoms with Crippen molar-refractivity contribution in [3.63, 3.8) is 0 Å². The molecule has 8 heteroatoms. The molecule has 0 aliphatic heterocycles. The number of fused-ring (bicyclic) bond motifs is 1. The van der Waals surface area contributed by atoms with Crippen molar-refractivity contribution in [2.75, 3.05) is 11.9 Å². The molecule has 0 bridgehead atoms. The lowest BCUT2D eigenvalue weighted by atomic mass is 9.69. The number of carbonyl (C=O) groups excluding carboxylic acids is 1. The lowest BCUT2D eigenvalue weighted by molar-refractivity contribution is -0.153. The maximum atomic E-state index is 11.8. The number of rotatable bonds is 4. The number of benzene rings is 1. The zero-order valence-corrected chi connectivity index (χ0v) is 11.9. The van der Waals surface area contributed by atoms with Crippen molar-refractivity contribution in [1.29, 1.82) is 0 Å². The fourth-order valence-electron chi connectivity index (χ4n) is 2.35. The number of anilines is 1. The Morgan fingerprint density at radius 3 is 2.71 bits per heavy atom. The number of nitrogens with zero attached hydrogens (tertiary/aromatic N) is 2. The van der Waals surface area contributed by atoms with Crippen LogP contribution in [-0.4, -0.2) is 32.4 Å². The lowest BCUT2D eigenvalue weighted by Gasteiger charge is -2.37. The summed E-state index contributed by atoms with van der Waals surface area (Å²) in [7, 11) is 0. The van der Waals surface area contributed by atoms with Crippen molar-refractivity contribution >= 4 is 40.4 Å². The number of amides is 2. The second kappa shape index (κ2) is 5.28. The summed E-state index contributed by atoms with van der Waals surface area (Å²) >= 11 is 1.11. The fourth-order valence-corrected chi connectivity index (χ4v) is 2.87. The fraction of sp³-hybridized carbons (Fsp3) is 0.385. The Bertz CT molecular complexity index is 696. The molecule has 1 aliphatic rings. The maximum absolute atomic E-state index is 11.8. The third-order valence-electron chi connectivity index (χ3n) is 3.86. The molecule has 0 unspecified atom stereocenters. The van der Waals surface area contributed by atoms with E-state index in [0.717, 1.165) is 29.2 Å². The number of urea groups is 1. The van der Waals surface area contributed by atoms with Crippen LogP contribution in [0.5, 0.6) is 0 Å². The van der Waals surface area contributed by atoms with E-state index in [1.807, 2.05) is 0 Å². The minimum atomic E-state index is -0.844. The van der Waals surface area contributed by atoms with Gasteiger partial charge in [0.2, 0.25) is 0 Å². The zero-order chi connectivity index (χ0) is 14.9. The van der Waals surface area contributed by atoms with Gasteiger partial charge in [0.25, 0.3) is 0 Å². The first-order valence-corrected chi connectivity index (χ1v) is 7.33. The van der Waals surface area contributed by atoms with Gasteiger partial charge in [-0.2, -0.15) is 8.75 Å². The number of carbonyl (C=O) groups is 2. The van der Waals surface area contributed by atoms with Crippen LogP contribution in [0.4, 0.5) is 10.5 Å². The second-order valence-corrected chi connectivity index (χ2v) is 5.74. The van der Waals surface area contributed by atoms with Crippen LogP contribution < -0.4 is 10.6 Å². The van der Waals surface area contributed by atoms with Crippen LogP contribution in [0.25, 0.3) is 11.0 Å². The van der Waals surface area contributed by atoms with Gasteiger partial charge in [0, 0.05) is 12.2 Å². The molecule has 1 heterocycles. The zero-order valence-electron chi connectivity index (χ0n) is 11.1. The molecule has 2 amide bonds. The van der Waals surface area contributed by atoms with Crippen molar-refractivity contribution in [1.82, 2.24) is 14.1 Å². The first-order chi connectivity index (χ1) is 10.1. The molecule has 1 aromatic carbocycles. The van der Waals surface area contributed by atoms with Gasteiger partial charge >= 0.3 is 12.0 Å². The molecule has 0 spiro atoms. The van der Waals surface area contributed by atoms with Crippen molar-refractivity contribution < 1.29 is 14.7 Å². The van der Waals surface area contributed by atoms with E-state index < -0.39 is 17.4 Å². The Labute approximate surface area is 124 Å². The Kier molecular flexibility index (Phi) is 3.46. The Morgan fingerprint density at radius 2 is 2.05 bits per heavy atom. The van der Waals surface area contributed by atoms with Gasteiger partial charge in [-0.05, 0) is 31.0 Å². The summed E-state index contributed by atoms with van der Waals surface area (Å²) in [5, 5.41) is 14.5. The average Bonchev–Trinajstić information content (AvgIpc) is 2.84. The molecule has 1 aliphatic carbocycles.